The number of aryl methyl sites for hydroxylation is 2. The highest BCUT2D eigenvalue weighted by Gasteiger charge is 2.42. The predicted molar refractivity (Wildman–Crippen MR) is 134 cm³/mol. The molecule has 0 saturated carbocycles. The Balaban J connectivity index is 1.58. The lowest BCUT2D eigenvalue weighted by Gasteiger charge is -2.39. The van der Waals surface area contributed by atoms with Gasteiger partial charge in [0.1, 0.15) is 17.4 Å². The van der Waals surface area contributed by atoms with Crippen molar-refractivity contribution in [3.8, 4) is 0 Å². The fourth-order valence-corrected chi connectivity index (χ4v) is 4.96. The molecule has 6 nitrogen and oxygen atoms in total. The van der Waals surface area contributed by atoms with Crippen LogP contribution in [0.3, 0.4) is 0 Å². The molecule has 174 valence electrons. The minimum absolute atomic E-state index is 0.134. The van der Waals surface area contributed by atoms with Gasteiger partial charge in [-0.2, -0.15) is 5.10 Å². The highest BCUT2D eigenvalue weighted by Crippen LogP contribution is 2.46. The van der Waals surface area contributed by atoms with Gasteiger partial charge in [0, 0.05) is 23.4 Å². The normalized spacial score (nSPS) is 18.7. The SMILES string of the molecule is CCc1ccc([C@@H]2C3=C(CC(C)(C)CC3=O)Nc3c(C(=O)Nc4ccc(C)cc4)cnn32)cc1. The number of carbonyl (C=O) groups excluding carboxylic acids is 2. The second-order valence-corrected chi connectivity index (χ2v) is 10.1. The van der Waals surface area contributed by atoms with E-state index >= 15 is 0 Å². The number of amides is 1. The third kappa shape index (κ3) is 3.94. The van der Waals surface area contributed by atoms with Crippen LogP contribution in [0.1, 0.15) is 66.7 Å². The van der Waals surface area contributed by atoms with Crippen LogP contribution in [-0.2, 0) is 11.2 Å². The van der Waals surface area contributed by atoms with Crippen LogP contribution in [-0.4, -0.2) is 21.5 Å². The minimum Gasteiger partial charge on any atom is -0.343 e. The van der Waals surface area contributed by atoms with Crippen molar-refractivity contribution in [1.82, 2.24) is 9.78 Å². The lowest BCUT2D eigenvalue weighted by Crippen LogP contribution is -2.37. The van der Waals surface area contributed by atoms with E-state index < -0.39 is 0 Å². The number of hydrogen-bond acceptors (Lipinski definition) is 4. The topological polar surface area (TPSA) is 76.0 Å². The molecule has 3 aromatic rings. The molecule has 0 spiro atoms. The average molecular weight is 455 g/mol. The number of benzene rings is 2. The van der Waals surface area contributed by atoms with Gasteiger partial charge in [0.2, 0.25) is 0 Å². The van der Waals surface area contributed by atoms with Crippen LogP contribution < -0.4 is 10.6 Å². The summed E-state index contributed by atoms with van der Waals surface area (Å²) >= 11 is 0. The smallest absolute Gasteiger partial charge is 0.261 e. The number of ketones is 1. The molecule has 2 heterocycles. The van der Waals surface area contributed by atoms with Gasteiger partial charge in [0.05, 0.1) is 6.20 Å². The lowest BCUT2D eigenvalue weighted by atomic mass is 9.73. The van der Waals surface area contributed by atoms with Crippen molar-refractivity contribution in [2.75, 3.05) is 10.6 Å². The van der Waals surface area contributed by atoms with Crippen molar-refractivity contribution < 1.29 is 9.59 Å². The van der Waals surface area contributed by atoms with Crippen LogP contribution in [0.5, 0.6) is 0 Å². The van der Waals surface area contributed by atoms with Gasteiger partial charge in [-0.05, 0) is 48.4 Å². The number of rotatable bonds is 4. The third-order valence-electron chi connectivity index (χ3n) is 6.76. The highest BCUT2D eigenvalue weighted by atomic mass is 16.1. The van der Waals surface area contributed by atoms with E-state index in [0.29, 0.717) is 17.8 Å². The average Bonchev–Trinajstić information content (AvgIpc) is 3.22. The standard InChI is InChI=1S/C28H30N4O2/c1-5-18-8-10-19(11-9-18)25-24-22(14-28(3,4)15-23(24)33)31-26-21(16-29-32(25)26)27(34)30-20-12-6-17(2)7-13-20/h6-13,16,25,31H,5,14-15H2,1-4H3,(H,30,34)/t25-/m1/s1. The summed E-state index contributed by atoms with van der Waals surface area (Å²) in [6.45, 7) is 8.35. The van der Waals surface area contributed by atoms with Crippen molar-refractivity contribution in [1.29, 1.82) is 0 Å². The molecule has 2 aromatic carbocycles. The number of aromatic nitrogens is 2. The van der Waals surface area contributed by atoms with Gasteiger partial charge in [-0.3, -0.25) is 9.59 Å². The summed E-state index contributed by atoms with van der Waals surface area (Å²) in [5, 5.41) is 11.0. The quantitative estimate of drug-likeness (QED) is 0.533. The zero-order chi connectivity index (χ0) is 24.0. The third-order valence-corrected chi connectivity index (χ3v) is 6.76. The first-order chi connectivity index (χ1) is 16.3. The van der Waals surface area contributed by atoms with E-state index in [9.17, 15) is 9.59 Å². The van der Waals surface area contributed by atoms with Crippen molar-refractivity contribution in [2.45, 2.75) is 53.0 Å². The molecule has 0 fully saturated rings. The van der Waals surface area contributed by atoms with Crippen LogP contribution in [0.4, 0.5) is 11.5 Å². The first-order valence-electron chi connectivity index (χ1n) is 11.8. The summed E-state index contributed by atoms with van der Waals surface area (Å²) in [6.07, 6.45) is 3.77. The summed E-state index contributed by atoms with van der Waals surface area (Å²) in [6, 6.07) is 15.7. The van der Waals surface area contributed by atoms with Crippen LogP contribution >= 0.6 is 0 Å². The van der Waals surface area contributed by atoms with Gasteiger partial charge in [-0.1, -0.05) is 62.7 Å². The van der Waals surface area contributed by atoms with Crippen molar-refractivity contribution in [3.05, 3.63) is 88.3 Å². The molecule has 34 heavy (non-hydrogen) atoms. The minimum atomic E-state index is -0.360. The van der Waals surface area contributed by atoms with Crippen molar-refractivity contribution >= 4 is 23.2 Å². The second-order valence-electron chi connectivity index (χ2n) is 10.1. The van der Waals surface area contributed by atoms with E-state index in [0.717, 1.165) is 40.9 Å². The van der Waals surface area contributed by atoms with Crippen LogP contribution in [0, 0.1) is 12.3 Å². The molecular formula is C28H30N4O2. The Labute approximate surface area is 200 Å². The Morgan fingerprint density at radius 3 is 2.50 bits per heavy atom. The van der Waals surface area contributed by atoms with Gasteiger partial charge in [0.25, 0.3) is 5.91 Å². The number of carbonyl (C=O) groups is 2. The maximum absolute atomic E-state index is 13.4. The Morgan fingerprint density at radius 1 is 1.12 bits per heavy atom. The summed E-state index contributed by atoms with van der Waals surface area (Å²) in [4.78, 5) is 26.6. The molecule has 6 heteroatoms. The van der Waals surface area contributed by atoms with E-state index in [-0.39, 0.29) is 23.1 Å². The van der Waals surface area contributed by atoms with E-state index in [1.165, 1.54) is 5.56 Å². The predicted octanol–water partition coefficient (Wildman–Crippen LogP) is 5.66. The highest BCUT2D eigenvalue weighted by molar-refractivity contribution is 6.08. The van der Waals surface area contributed by atoms with E-state index in [4.69, 9.17) is 0 Å². The van der Waals surface area contributed by atoms with Crippen molar-refractivity contribution in [3.63, 3.8) is 0 Å². The summed E-state index contributed by atoms with van der Waals surface area (Å²) in [5.74, 6) is 0.525. The summed E-state index contributed by atoms with van der Waals surface area (Å²) in [7, 11) is 0. The molecule has 1 aliphatic carbocycles. The fourth-order valence-electron chi connectivity index (χ4n) is 4.96. The maximum Gasteiger partial charge on any atom is 0.261 e. The number of hydrogen-bond donors (Lipinski definition) is 2. The van der Waals surface area contributed by atoms with Gasteiger partial charge in [0.15, 0.2) is 5.78 Å². The number of Topliss-reactive ketones (excluding diaryl/α,β-unsaturated/α-hetero) is 1. The first kappa shape index (κ1) is 22.1. The van der Waals surface area contributed by atoms with Gasteiger partial charge in [-0.25, -0.2) is 4.68 Å². The molecule has 1 atom stereocenters. The lowest BCUT2D eigenvalue weighted by molar-refractivity contribution is -0.118. The second kappa shape index (κ2) is 8.28. The number of nitrogens with zero attached hydrogens (tertiary/aromatic N) is 2. The Hall–Kier alpha value is -3.67. The Bertz CT molecular complexity index is 1300. The number of anilines is 2. The summed E-state index contributed by atoms with van der Waals surface area (Å²) in [5.41, 5.74) is 6.05. The molecule has 0 saturated heterocycles. The first-order valence-corrected chi connectivity index (χ1v) is 11.8. The molecule has 5 rings (SSSR count). The molecule has 2 aliphatic rings. The Kier molecular flexibility index (Phi) is 5.39. The van der Waals surface area contributed by atoms with Crippen LogP contribution in [0.25, 0.3) is 0 Å². The summed E-state index contributed by atoms with van der Waals surface area (Å²) < 4.78 is 1.79. The molecule has 0 radical (unpaired) electrons. The number of fused-ring (bicyclic) bond motifs is 1. The van der Waals surface area contributed by atoms with Gasteiger partial charge >= 0.3 is 0 Å². The Morgan fingerprint density at radius 2 is 1.82 bits per heavy atom. The molecule has 0 bridgehead atoms. The fraction of sp³-hybridized carbons (Fsp3) is 0.321. The van der Waals surface area contributed by atoms with E-state index in [2.05, 4.69) is 60.8 Å². The molecule has 1 aliphatic heterocycles. The van der Waals surface area contributed by atoms with Crippen LogP contribution in [0.15, 0.2) is 66.0 Å². The van der Waals surface area contributed by atoms with Crippen molar-refractivity contribution in [2.24, 2.45) is 5.41 Å². The molecular weight excluding hydrogens is 424 g/mol. The zero-order valence-electron chi connectivity index (χ0n) is 20.1. The van der Waals surface area contributed by atoms with E-state index in [1.54, 1.807) is 10.9 Å². The molecule has 0 unspecified atom stereocenters. The monoisotopic (exact) mass is 454 g/mol. The van der Waals surface area contributed by atoms with Crippen LogP contribution in [0.2, 0.25) is 0 Å². The maximum atomic E-state index is 13.4. The molecule has 1 aromatic heterocycles. The number of allylic oxidation sites excluding steroid dienone is 2. The van der Waals surface area contributed by atoms with Gasteiger partial charge < -0.3 is 10.6 Å². The molecule has 2 N–H and O–H groups in total. The molecule has 1 amide bonds. The van der Waals surface area contributed by atoms with Gasteiger partial charge in [-0.15, -0.1) is 0 Å². The largest absolute Gasteiger partial charge is 0.343 e. The number of nitrogens with one attached hydrogen (secondary N) is 2. The van der Waals surface area contributed by atoms with E-state index in [1.807, 2.05) is 31.2 Å². The zero-order valence-corrected chi connectivity index (χ0v) is 20.1.